The van der Waals surface area contributed by atoms with E-state index in [0.29, 0.717) is 32.4 Å². The van der Waals surface area contributed by atoms with E-state index < -0.39 is 6.04 Å². The third-order valence-corrected chi connectivity index (χ3v) is 5.16. The van der Waals surface area contributed by atoms with Crippen LogP contribution in [0, 0.1) is 6.92 Å². The topological polar surface area (TPSA) is 49.4 Å². The smallest absolute Gasteiger partial charge is 0.242 e. The molecule has 1 atom stereocenters. The Balaban J connectivity index is 2.12. The number of carbonyl (C=O) groups excluding carboxylic acids is 2. The van der Waals surface area contributed by atoms with Gasteiger partial charge in [0.05, 0.1) is 0 Å². The molecule has 0 spiro atoms. The molecule has 4 heteroatoms. The molecule has 0 fully saturated rings. The summed E-state index contributed by atoms with van der Waals surface area (Å²) in [6, 6.07) is 17.7. The molecule has 0 aliphatic carbocycles. The molecule has 0 aliphatic heterocycles. The van der Waals surface area contributed by atoms with Gasteiger partial charge in [0.15, 0.2) is 0 Å². The van der Waals surface area contributed by atoms with Crippen molar-refractivity contribution in [3.63, 3.8) is 0 Å². The molecular formula is C25H34N2O2. The molecule has 0 saturated heterocycles. The van der Waals surface area contributed by atoms with Crippen molar-refractivity contribution < 1.29 is 9.59 Å². The van der Waals surface area contributed by atoms with Gasteiger partial charge in [0.1, 0.15) is 6.04 Å². The molecule has 4 nitrogen and oxygen atoms in total. The molecule has 2 rings (SSSR count). The van der Waals surface area contributed by atoms with Crippen molar-refractivity contribution in [3.05, 3.63) is 71.3 Å². The Morgan fingerprint density at radius 2 is 1.66 bits per heavy atom. The normalized spacial score (nSPS) is 11.7. The van der Waals surface area contributed by atoms with Crippen LogP contribution in [0.15, 0.2) is 54.6 Å². The number of aryl methyl sites for hydroxylation is 2. The van der Waals surface area contributed by atoms with Gasteiger partial charge in [-0.15, -0.1) is 0 Å². The average molecular weight is 395 g/mol. The third-order valence-electron chi connectivity index (χ3n) is 5.16. The lowest BCUT2D eigenvalue weighted by atomic mass is 10.0. The van der Waals surface area contributed by atoms with Crippen LogP contribution >= 0.6 is 0 Å². The fourth-order valence-electron chi connectivity index (χ4n) is 3.36. The fourth-order valence-corrected chi connectivity index (χ4v) is 3.36. The van der Waals surface area contributed by atoms with E-state index in [9.17, 15) is 9.59 Å². The molecule has 156 valence electrons. The fraction of sp³-hybridized carbons (Fsp3) is 0.440. The summed E-state index contributed by atoms with van der Waals surface area (Å²) in [5.74, 6) is -0.0347. The SMILES string of the molecule is CCCCNC(=O)[C@H](CC)N(Cc1ccccc1)C(=O)CCc1ccc(C)cc1. The summed E-state index contributed by atoms with van der Waals surface area (Å²) in [6.45, 7) is 7.23. The van der Waals surface area contributed by atoms with Gasteiger partial charge in [0, 0.05) is 19.5 Å². The van der Waals surface area contributed by atoms with Crippen molar-refractivity contribution in [2.75, 3.05) is 6.54 Å². The van der Waals surface area contributed by atoms with E-state index in [-0.39, 0.29) is 11.8 Å². The van der Waals surface area contributed by atoms with E-state index in [4.69, 9.17) is 0 Å². The summed E-state index contributed by atoms with van der Waals surface area (Å²) < 4.78 is 0. The Morgan fingerprint density at radius 1 is 0.966 bits per heavy atom. The zero-order valence-corrected chi connectivity index (χ0v) is 18.0. The van der Waals surface area contributed by atoms with Crippen LogP contribution in [-0.2, 0) is 22.6 Å². The number of benzene rings is 2. The second kappa shape index (κ2) is 12.1. The molecule has 29 heavy (non-hydrogen) atoms. The van der Waals surface area contributed by atoms with Crippen molar-refractivity contribution in [3.8, 4) is 0 Å². The minimum atomic E-state index is -0.447. The van der Waals surface area contributed by atoms with Gasteiger partial charge in [0.2, 0.25) is 11.8 Å². The first-order valence-electron chi connectivity index (χ1n) is 10.7. The van der Waals surface area contributed by atoms with Crippen molar-refractivity contribution in [1.29, 1.82) is 0 Å². The molecule has 0 heterocycles. The molecule has 2 amide bonds. The van der Waals surface area contributed by atoms with Gasteiger partial charge in [-0.2, -0.15) is 0 Å². The van der Waals surface area contributed by atoms with E-state index in [2.05, 4.69) is 43.4 Å². The third kappa shape index (κ3) is 7.37. The minimum Gasteiger partial charge on any atom is -0.354 e. The van der Waals surface area contributed by atoms with Crippen molar-refractivity contribution in [2.45, 2.75) is 65.5 Å². The van der Waals surface area contributed by atoms with E-state index in [1.807, 2.05) is 37.3 Å². The second-order valence-electron chi connectivity index (χ2n) is 7.56. The van der Waals surface area contributed by atoms with E-state index in [0.717, 1.165) is 24.0 Å². The number of hydrogen-bond donors (Lipinski definition) is 1. The second-order valence-corrected chi connectivity index (χ2v) is 7.56. The maximum Gasteiger partial charge on any atom is 0.242 e. The Kier molecular flexibility index (Phi) is 9.42. The summed E-state index contributed by atoms with van der Waals surface area (Å²) >= 11 is 0. The van der Waals surface area contributed by atoms with Gasteiger partial charge >= 0.3 is 0 Å². The molecule has 2 aromatic carbocycles. The van der Waals surface area contributed by atoms with E-state index in [1.165, 1.54) is 5.56 Å². The molecule has 1 N–H and O–H groups in total. The summed E-state index contributed by atoms with van der Waals surface area (Å²) in [5.41, 5.74) is 3.39. The number of unbranched alkanes of at least 4 members (excludes halogenated alkanes) is 1. The van der Waals surface area contributed by atoms with Crippen molar-refractivity contribution in [2.24, 2.45) is 0 Å². The van der Waals surface area contributed by atoms with Gasteiger partial charge < -0.3 is 10.2 Å². The van der Waals surface area contributed by atoms with Crippen molar-refractivity contribution >= 4 is 11.8 Å². The number of rotatable bonds is 11. The van der Waals surface area contributed by atoms with Crippen LogP contribution in [0.3, 0.4) is 0 Å². The van der Waals surface area contributed by atoms with Crippen LogP contribution in [0.4, 0.5) is 0 Å². The Labute approximate surface area is 175 Å². The highest BCUT2D eigenvalue weighted by Crippen LogP contribution is 2.15. The summed E-state index contributed by atoms with van der Waals surface area (Å²) in [5, 5.41) is 3.00. The highest BCUT2D eigenvalue weighted by molar-refractivity contribution is 5.87. The largest absolute Gasteiger partial charge is 0.354 e. The molecule has 0 saturated carbocycles. The predicted molar refractivity (Wildman–Crippen MR) is 118 cm³/mol. The average Bonchev–Trinajstić information content (AvgIpc) is 2.74. The number of hydrogen-bond acceptors (Lipinski definition) is 2. The maximum absolute atomic E-state index is 13.2. The molecular weight excluding hydrogens is 360 g/mol. The van der Waals surface area contributed by atoms with Crippen LogP contribution in [0.25, 0.3) is 0 Å². The molecule has 0 radical (unpaired) electrons. The first-order valence-corrected chi connectivity index (χ1v) is 10.7. The molecule has 0 unspecified atom stereocenters. The number of carbonyl (C=O) groups is 2. The van der Waals surface area contributed by atoms with Crippen LogP contribution in [0.2, 0.25) is 0 Å². The summed E-state index contributed by atoms with van der Waals surface area (Å²) in [6.07, 6.45) is 3.65. The van der Waals surface area contributed by atoms with Gasteiger partial charge in [-0.3, -0.25) is 9.59 Å². The molecule has 2 aromatic rings. The lowest BCUT2D eigenvalue weighted by Gasteiger charge is -2.31. The van der Waals surface area contributed by atoms with Crippen LogP contribution in [0.5, 0.6) is 0 Å². The Morgan fingerprint density at radius 3 is 2.28 bits per heavy atom. The molecule has 0 aliphatic rings. The van der Waals surface area contributed by atoms with E-state index in [1.54, 1.807) is 4.90 Å². The summed E-state index contributed by atoms with van der Waals surface area (Å²) in [4.78, 5) is 27.7. The molecule has 0 bridgehead atoms. The monoisotopic (exact) mass is 394 g/mol. The number of amides is 2. The summed E-state index contributed by atoms with van der Waals surface area (Å²) in [7, 11) is 0. The van der Waals surface area contributed by atoms with Gasteiger partial charge in [-0.25, -0.2) is 0 Å². The zero-order chi connectivity index (χ0) is 21.1. The highest BCUT2D eigenvalue weighted by Gasteiger charge is 2.28. The lowest BCUT2D eigenvalue weighted by molar-refractivity contribution is -0.141. The predicted octanol–water partition coefficient (Wildman–Crippen LogP) is 4.65. The van der Waals surface area contributed by atoms with Gasteiger partial charge in [-0.05, 0) is 37.3 Å². The maximum atomic E-state index is 13.2. The highest BCUT2D eigenvalue weighted by atomic mass is 16.2. The van der Waals surface area contributed by atoms with Crippen molar-refractivity contribution in [1.82, 2.24) is 10.2 Å². The Bertz CT molecular complexity index is 756. The lowest BCUT2D eigenvalue weighted by Crippen LogP contribution is -2.49. The van der Waals surface area contributed by atoms with Gasteiger partial charge in [-0.1, -0.05) is 80.4 Å². The van der Waals surface area contributed by atoms with Crippen LogP contribution < -0.4 is 5.32 Å². The Hall–Kier alpha value is -2.62. The minimum absolute atomic E-state index is 0.0203. The first kappa shape index (κ1) is 22.7. The molecule has 0 aromatic heterocycles. The number of nitrogens with one attached hydrogen (secondary N) is 1. The first-order chi connectivity index (χ1) is 14.0. The van der Waals surface area contributed by atoms with Gasteiger partial charge in [0.25, 0.3) is 0 Å². The van der Waals surface area contributed by atoms with Crippen LogP contribution in [0.1, 0.15) is 56.2 Å². The standard InChI is InChI=1S/C25H34N2O2/c1-4-6-18-26-25(29)23(5-2)27(19-22-10-8-7-9-11-22)24(28)17-16-21-14-12-20(3)13-15-21/h7-15,23H,4-6,16-19H2,1-3H3,(H,26,29)/t23-/m0/s1. The quantitative estimate of drug-likeness (QED) is 0.564. The van der Waals surface area contributed by atoms with Crippen LogP contribution in [-0.4, -0.2) is 29.3 Å². The van der Waals surface area contributed by atoms with E-state index >= 15 is 0 Å². The number of nitrogens with zero attached hydrogens (tertiary/aromatic N) is 1. The zero-order valence-electron chi connectivity index (χ0n) is 18.0.